The predicted molar refractivity (Wildman–Crippen MR) is 63.4 cm³/mol. The summed E-state index contributed by atoms with van der Waals surface area (Å²) in [5, 5.41) is 2.80. The van der Waals surface area contributed by atoms with E-state index in [1.807, 2.05) is 6.07 Å². The van der Waals surface area contributed by atoms with Crippen LogP contribution in [0.5, 0.6) is 0 Å². The zero-order valence-electron chi connectivity index (χ0n) is 8.76. The topological polar surface area (TPSA) is 0 Å². The number of hydrogen-bond acceptors (Lipinski definition) is 0. The van der Waals surface area contributed by atoms with Crippen LogP contribution in [0.4, 0.5) is 4.39 Å². The first-order valence-corrected chi connectivity index (χ1v) is 10.6. The first-order valence-electron chi connectivity index (χ1n) is 4.81. The average Bonchev–Trinajstić information content (AvgIpc) is 2.03. The number of rotatable bonds is 2. The van der Waals surface area contributed by atoms with Crippen molar-refractivity contribution in [3.05, 3.63) is 24.0 Å². The molecule has 0 bridgehead atoms. The van der Waals surface area contributed by atoms with Crippen molar-refractivity contribution in [3.63, 3.8) is 0 Å². The van der Waals surface area contributed by atoms with Crippen LogP contribution in [0, 0.1) is 5.82 Å². The van der Waals surface area contributed by atoms with Gasteiger partial charge in [0.25, 0.3) is 0 Å². The van der Waals surface area contributed by atoms with Crippen molar-refractivity contribution in [2.75, 3.05) is 0 Å². The van der Waals surface area contributed by atoms with Crippen LogP contribution in [-0.2, 0) is 0 Å². The Morgan fingerprint density at radius 3 is 1.92 bits per heavy atom. The summed E-state index contributed by atoms with van der Waals surface area (Å²) in [6, 6.07) is 5.34. The third kappa shape index (κ3) is 2.51. The molecule has 1 aromatic rings. The molecule has 0 aliphatic carbocycles. The summed E-state index contributed by atoms with van der Waals surface area (Å²) in [4.78, 5) is 0. The van der Waals surface area contributed by atoms with E-state index in [1.54, 1.807) is 12.1 Å². The summed E-state index contributed by atoms with van der Waals surface area (Å²) in [5.74, 6) is -0.0744. The summed E-state index contributed by atoms with van der Waals surface area (Å²) in [7, 11) is -1.63. The van der Waals surface area contributed by atoms with Gasteiger partial charge < -0.3 is 0 Å². The minimum atomic E-state index is -0.858. The molecule has 0 unspecified atom stereocenters. The van der Waals surface area contributed by atoms with E-state index in [0.717, 1.165) is 0 Å². The van der Waals surface area contributed by atoms with E-state index in [1.165, 1.54) is 10.4 Å². The number of hydrogen-bond donors (Lipinski definition) is 0. The molecule has 0 heterocycles. The molecular formula is C10H17FSi2. The van der Waals surface area contributed by atoms with Gasteiger partial charge >= 0.3 is 0 Å². The molecule has 0 aliphatic heterocycles. The minimum absolute atomic E-state index is 0.0744. The Bertz CT molecular complexity index is 295. The van der Waals surface area contributed by atoms with Gasteiger partial charge in [0.15, 0.2) is 0 Å². The number of benzene rings is 1. The van der Waals surface area contributed by atoms with Gasteiger partial charge in [-0.05, 0) is 12.1 Å². The lowest BCUT2D eigenvalue weighted by atomic mass is 10.3. The Balaban J connectivity index is 3.19. The summed E-state index contributed by atoms with van der Waals surface area (Å²) < 4.78 is 13.0. The molecular weight excluding hydrogens is 195 g/mol. The Hall–Kier alpha value is -0.416. The molecule has 0 spiro atoms. The summed E-state index contributed by atoms with van der Waals surface area (Å²) in [6.45, 7) is 9.12. The molecule has 0 aromatic heterocycles. The largest absolute Gasteiger partial charge is 0.207 e. The SMILES string of the molecule is C[SiH](C)c1ccc(F)cc1[SiH](C)C. The van der Waals surface area contributed by atoms with Crippen molar-refractivity contribution in [2.24, 2.45) is 0 Å². The maximum atomic E-state index is 13.0. The second kappa shape index (κ2) is 4.20. The Morgan fingerprint density at radius 2 is 1.46 bits per heavy atom. The normalized spacial score (nSPS) is 11.3. The lowest BCUT2D eigenvalue weighted by Crippen LogP contribution is -2.44. The maximum absolute atomic E-state index is 13.0. The van der Waals surface area contributed by atoms with E-state index in [9.17, 15) is 4.39 Å². The Labute approximate surface area is 83.0 Å². The van der Waals surface area contributed by atoms with Crippen molar-refractivity contribution in [1.82, 2.24) is 0 Å². The molecule has 13 heavy (non-hydrogen) atoms. The third-order valence-corrected chi connectivity index (χ3v) is 6.14. The first-order chi connectivity index (χ1) is 6.02. The highest BCUT2D eigenvalue weighted by Gasteiger charge is 2.11. The number of halogens is 1. The molecule has 0 atom stereocenters. The van der Waals surface area contributed by atoms with Crippen LogP contribution in [0.25, 0.3) is 0 Å². The van der Waals surface area contributed by atoms with Crippen LogP contribution >= 0.6 is 0 Å². The molecule has 1 rings (SSSR count). The lowest BCUT2D eigenvalue weighted by molar-refractivity contribution is 0.629. The lowest BCUT2D eigenvalue weighted by Gasteiger charge is -2.14. The predicted octanol–water partition coefficient (Wildman–Crippen LogP) is 1.21. The van der Waals surface area contributed by atoms with Crippen LogP contribution < -0.4 is 10.4 Å². The highest BCUT2D eigenvalue weighted by molar-refractivity contribution is 6.82. The van der Waals surface area contributed by atoms with E-state index in [-0.39, 0.29) is 5.82 Å². The van der Waals surface area contributed by atoms with Gasteiger partial charge in [-0.1, -0.05) is 42.6 Å². The minimum Gasteiger partial charge on any atom is -0.207 e. The highest BCUT2D eigenvalue weighted by Crippen LogP contribution is 1.95. The molecule has 72 valence electrons. The van der Waals surface area contributed by atoms with Gasteiger partial charge in [0.05, 0.1) is 17.6 Å². The van der Waals surface area contributed by atoms with Crippen molar-refractivity contribution in [2.45, 2.75) is 26.2 Å². The van der Waals surface area contributed by atoms with Crippen LogP contribution in [0.1, 0.15) is 0 Å². The zero-order chi connectivity index (χ0) is 10.0. The molecule has 0 saturated carbocycles. The second-order valence-electron chi connectivity index (χ2n) is 4.08. The molecule has 0 aliphatic rings. The van der Waals surface area contributed by atoms with Crippen molar-refractivity contribution >= 4 is 28.0 Å². The van der Waals surface area contributed by atoms with E-state index in [0.29, 0.717) is 0 Å². The zero-order valence-corrected chi connectivity index (χ0v) is 11.1. The maximum Gasteiger partial charge on any atom is 0.123 e. The quantitative estimate of drug-likeness (QED) is 0.647. The molecule has 0 amide bonds. The van der Waals surface area contributed by atoms with Gasteiger partial charge in [-0.25, -0.2) is 4.39 Å². The molecule has 0 nitrogen and oxygen atoms in total. The second-order valence-corrected chi connectivity index (χ2v) is 9.95. The standard InChI is InChI=1S/C10H17FSi2/c1-12(2)9-6-5-8(11)7-10(9)13(3)4/h5-7,12-13H,1-4H3. The van der Waals surface area contributed by atoms with Gasteiger partial charge in [-0.3, -0.25) is 0 Å². The molecule has 0 saturated heterocycles. The van der Waals surface area contributed by atoms with E-state index >= 15 is 0 Å². The molecule has 3 heteroatoms. The Kier molecular flexibility index (Phi) is 3.44. The van der Waals surface area contributed by atoms with Crippen molar-refractivity contribution in [1.29, 1.82) is 0 Å². The van der Waals surface area contributed by atoms with E-state index in [4.69, 9.17) is 0 Å². The van der Waals surface area contributed by atoms with E-state index in [2.05, 4.69) is 26.2 Å². The van der Waals surface area contributed by atoms with Gasteiger partial charge in [-0.15, -0.1) is 0 Å². The third-order valence-electron chi connectivity index (χ3n) is 2.29. The van der Waals surface area contributed by atoms with Crippen LogP contribution in [0.15, 0.2) is 18.2 Å². The van der Waals surface area contributed by atoms with Crippen LogP contribution in [0.2, 0.25) is 26.2 Å². The smallest absolute Gasteiger partial charge is 0.123 e. The molecule has 0 N–H and O–H groups in total. The van der Waals surface area contributed by atoms with E-state index < -0.39 is 17.6 Å². The monoisotopic (exact) mass is 212 g/mol. The highest BCUT2D eigenvalue weighted by atomic mass is 28.3. The summed E-state index contributed by atoms with van der Waals surface area (Å²) in [6.07, 6.45) is 0. The van der Waals surface area contributed by atoms with Gasteiger partial charge in [0.1, 0.15) is 5.82 Å². The van der Waals surface area contributed by atoms with Gasteiger partial charge in [0.2, 0.25) is 0 Å². The van der Waals surface area contributed by atoms with Gasteiger partial charge in [0, 0.05) is 0 Å². The van der Waals surface area contributed by atoms with Crippen LogP contribution in [0.3, 0.4) is 0 Å². The summed E-state index contributed by atoms with van der Waals surface area (Å²) in [5.41, 5.74) is 0. The van der Waals surface area contributed by atoms with Crippen LogP contribution in [-0.4, -0.2) is 17.6 Å². The summed E-state index contributed by atoms with van der Waals surface area (Å²) >= 11 is 0. The van der Waals surface area contributed by atoms with Crippen molar-refractivity contribution in [3.8, 4) is 0 Å². The first kappa shape index (κ1) is 10.7. The fraction of sp³-hybridized carbons (Fsp3) is 0.400. The molecule has 0 fully saturated rings. The average molecular weight is 212 g/mol. The molecule has 1 aromatic carbocycles. The fourth-order valence-corrected chi connectivity index (χ4v) is 6.06. The van der Waals surface area contributed by atoms with Gasteiger partial charge in [-0.2, -0.15) is 0 Å². The Morgan fingerprint density at radius 1 is 0.923 bits per heavy atom. The molecule has 0 radical (unpaired) electrons. The fourth-order valence-electron chi connectivity index (χ4n) is 1.57. The van der Waals surface area contributed by atoms with Crippen molar-refractivity contribution < 1.29 is 4.39 Å².